The Morgan fingerprint density at radius 3 is 1.34 bits per heavy atom. The van der Waals surface area contributed by atoms with Crippen LogP contribution in [0, 0.1) is 73.1 Å². The molecule has 1 aromatic carbocycles. The third-order valence-electron chi connectivity index (χ3n) is 4.21. The standard InChI is InChI=1S/C30H26O2/c1-5-9-11-13-15-23-29(31,7-3)25-21-27-17-19-28(20-18-27)22-26-30(32,8-4)24-16-14-12-10-6-2/h1-4,17-22,25-26,31-32H,9-14H2/b25-21+,26-22+. The predicted octanol–water partition coefficient (Wildman–Crippen LogP) is 4.06. The maximum atomic E-state index is 10.4. The molecule has 2 unspecified atom stereocenters. The lowest BCUT2D eigenvalue weighted by Gasteiger charge is -2.10. The van der Waals surface area contributed by atoms with Crippen molar-refractivity contribution >= 4 is 12.2 Å². The molecule has 0 spiro atoms. The lowest BCUT2D eigenvalue weighted by molar-refractivity contribution is 0.215. The first kappa shape index (κ1) is 26.0. The quantitative estimate of drug-likeness (QED) is 0.494. The Hall–Kier alpha value is -4.02. The van der Waals surface area contributed by atoms with E-state index < -0.39 is 11.2 Å². The molecule has 0 saturated heterocycles. The van der Waals surface area contributed by atoms with Crippen molar-refractivity contribution in [3.05, 3.63) is 47.5 Å². The fraction of sp³-hybridized carbons (Fsp3) is 0.267. The number of terminal acetylenes is 4. The zero-order valence-electron chi connectivity index (χ0n) is 18.1. The Morgan fingerprint density at radius 1 is 0.656 bits per heavy atom. The van der Waals surface area contributed by atoms with Crippen molar-refractivity contribution in [2.45, 2.75) is 49.7 Å². The van der Waals surface area contributed by atoms with Crippen LogP contribution in [0.1, 0.15) is 49.7 Å². The summed E-state index contributed by atoms with van der Waals surface area (Å²) in [7, 11) is 0. The molecule has 1 aromatic rings. The third kappa shape index (κ3) is 10.1. The zero-order valence-corrected chi connectivity index (χ0v) is 18.1. The van der Waals surface area contributed by atoms with E-state index in [1.807, 2.05) is 24.3 Å². The smallest absolute Gasteiger partial charge is 0.207 e. The number of aliphatic hydroxyl groups is 2. The van der Waals surface area contributed by atoms with Gasteiger partial charge in [0.25, 0.3) is 0 Å². The molecule has 2 N–H and O–H groups in total. The molecule has 0 aliphatic carbocycles. The Bertz CT molecular complexity index is 1010. The number of hydrogen-bond acceptors (Lipinski definition) is 2. The molecule has 2 atom stereocenters. The lowest BCUT2D eigenvalue weighted by Crippen LogP contribution is -2.20. The van der Waals surface area contributed by atoms with E-state index in [4.69, 9.17) is 25.7 Å². The largest absolute Gasteiger partial charge is 0.364 e. The monoisotopic (exact) mass is 418 g/mol. The summed E-state index contributed by atoms with van der Waals surface area (Å²) in [6.45, 7) is 0. The van der Waals surface area contributed by atoms with Gasteiger partial charge in [0.2, 0.25) is 11.2 Å². The molecule has 0 aliphatic heterocycles. The van der Waals surface area contributed by atoms with Crippen LogP contribution >= 0.6 is 0 Å². The second kappa shape index (κ2) is 14.1. The van der Waals surface area contributed by atoms with Gasteiger partial charge in [-0.15, -0.1) is 37.5 Å². The number of rotatable bonds is 8. The van der Waals surface area contributed by atoms with Crippen LogP contribution in [0.2, 0.25) is 0 Å². The van der Waals surface area contributed by atoms with Gasteiger partial charge < -0.3 is 10.2 Å². The molecule has 32 heavy (non-hydrogen) atoms. The summed E-state index contributed by atoms with van der Waals surface area (Å²) in [5.41, 5.74) is -1.63. The highest BCUT2D eigenvalue weighted by Crippen LogP contribution is 2.14. The normalized spacial score (nSPS) is 13.7. The maximum Gasteiger partial charge on any atom is 0.207 e. The molecule has 0 saturated carbocycles. The minimum atomic E-state index is -1.64. The van der Waals surface area contributed by atoms with Crippen molar-refractivity contribution < 1.29 is 10.2 Å². The molecule has 0 fully saturated rings. The average molecular weight is 419 g/mol. The van der Waals surface area contributed by atoms with Crippen LogP contribution in [0.15, 0.2) is 36.4 Å². The molecule has 0 amide bonds. The Kier molecular flexibility index (Phi) is 11.4. The molecule has 2 heteroatoms. The number of unbranched alkanes of at least 4 members (excludes halogenated alkanes) is 4. The molecule has 0 bridgehead atoms. The number of hydrogen-bond donors (Lipinski definition) is 2. The van der Waals surface area contributed by atoms with Crippen molar-refractivity contribution in [2.75, 3.05) is 0 Å². The van der Waals surface area contributed by atoms with Crippen LogP contribution in [0.5, 0.6) is 0 Å². The highest BCUT2D eigenvalue weighted by Gasteiger charge is 2.16. The van der Waals surface area contributed by atoms with Crippen molar-refractivity contribution in [2.24, 2.45) is 0 Å². The first-order valence-corrected chi connectivity index (χ1v) is 10.2. The summed E-state index contributed by atoms with van der Waals surface area (Å²) in [6, 6.07) is 7.36. The van der Waals surface area contributed by atoms with Gasteiger partial charge in [-0.05, 0) is 36.1 Å². The van der Waals surface area contributed by atoms with Gasteiger partial charge in [-0.3, -0.25) is 0 Å². The van der Waals surface area contributed by atoms with Crippen molar-refractivity contribution in [3.63, 3.8) is 0 Å². The topological polar surface area (TPSA) is 40.5 Å². The van der Waals surface area contributed by atoms with E-state index in [2.05, 4.69) is 47.4 Å². The summed E-state index contributed by atoms with van der Waals surface area (Å²) >= 11 is 0. The Morgan fingerprint density at radius 2 is 1.03 bits per heavy atom. The van der Waals surface area contributed by atoms with E-state index in [0.717, 1.165) is 24.0 Å². The molecule has 0 aromatic heterocycles. The molecular weight excluding hydrogens is 392 g/mol. The Labute approximate surface area is 192 Å². The number of benzene rings is 1. The fourth-order valence-electron chi connectivity index (χ4n) is 2.36. The van der Waals surface area contributed by atoms with Gasteiger partial charge in [0.05, 0.1) is 0 Å². The summed E-state index contributed by atoms with van der Waals surface area (Å²) < 4.78 is 0. The van der Waals surface area contributed by atoms with E-state index in [0.29, 0.717) is 25.7 Å². The first-order chi connectivity index (χ1) is 15.4. The van der Waals surface area contributed by atoms with E-state index in [9.17, 15) is 10.2 Å². The highest BCUT2D eigenvalue weighted by molar-refractivity contribution is 5.59. The summed E-state index contributed by atoms with van der Waals surface area (Å²) in [5.74, 6) is 20.8. The summed E-state index contributed by atoms with van der Waals surface area (Å²) in [5, 5.41) is 20.8. The van der Waals surface area contributed by atoms with Crippen LogP contribution in [-0.4, -0.2) is 21.4 Å². The minimum Gasteiger partial charge on any atom is -0.364 e. The molecular formula is C30H26O2. The summed E-state index contributed by atoms with van der Waals surface area (Å²) in [6.07, 6.45) is 31.5. The second-order valence-electron chi connectivity index (χ2n) is 6.87. The molecule has 1 rings (SSSR count). The maximum absolute atomic E-state index is 10.4. The van der Waals surface area contributed by atoms with Gasteiger partial charge in [-0.2, -0.15) is 0 Å². The van der Waals surface area contributed by atoms with Gasteiger partial charge in [-0.25, -0.2) is 0 Å². The fourth-order valence-corrected chi connectivity index (χ4v) is 2.36. The van der Waals surface area contributed by atoms with Crippen molar-refractivity contribution in [3.8, 4) is 73.1 Å². The van der Waals surface area contributed by atoms with Gasteiger partial charge in [0.15, 0.2) is 0 Å². The first-order valence-electron chi connectivity index (χ1n) is 10.2. The SMILES string of the molecule is C#CCCCC#CC(O)(C#C)/C=C/c1ccc(/C=C/C(O)(C#C)C#CCCCC#C)cc1. The highest BCUT2D eigenvalue weighted by atomic mass is 16.3. The van der Waals surface area contributed by atoms with E-state index in [1.165, 1.54) is 12.2 Å². The average Bonchev–Trinajstić information content (AvgIpc) is 2.82. The van der Waals surface area contributed by atoms with Crippen molar-refractivity contribution in [1.82, 2.24) is 0 Å². The van der Waals surface area contributed by atoms with Gasteiger partial charge in [0, 0.05) is 25.7 Å². The van der Waals surface area contributed by atoms with Crippen LogP contribution in [0.25, 0.3) is 12.2 Å². The zero-order chi connectivity index (χ0) is 23.7. The molecule has 2 nitrogen and oxygen atoms in total. The summed E-state index contributed by atoms with van der Waals surface area (Å²) in [4.78, 5) is 0. The second-order valence-corrected chi connectivity index (χ2v) is 6.87. The molecule has 0 aliphatic rings. The van der Waals surface area contributed by atoms with E-state index in [-0.39, 0.29) is 0 Å². The lowest BCUT2D eigenvalue weighted by atomic mass is 10.0. The van der Waals surface area contributed by atoms with E-state index >= 15 is 0 Å². The van der Waals surface area contributed by atoms with Crippen LogP contribution in [0.3, 0.4) is 0 Å². The Balaban J connectivity index is 2.81. The van der Waals surface area contributed by atoms with Crippen LogP contribution in [-0.2, 0) is 0 Å². The van der Waals surface area contributed by atoms with Gasteiger partial charge in [0.1, 0.15) is 0 Å². The van der Waals surface area contributed by atoms with Crippen molar-refractivity contribution in [1.29, 1.82) is 0 Å². The molecule has 0 radical (unpaired) electrons. The van der Waals surface area contributed by atoms with E-state index in [1.54, 1.807) is 12.2 Å². The molecule has 0 heterocycles. The van der Waals surface area contributed by atoms with Crippen LogP contribution in [0.4, 0.5) is 0 Å². The minimum absolute atomic E-state index is 0.572. The predicted molar refractivity (Wildman–Crippen MR) is 133 cm³/mol. The van der Waals surface area contributed by atoms with Gasteiger partial charge >= 0.3 is 0 Å². The third-order valence-corrected chi connectivity index (χ3v) is 4.21. The van der Waals surface area contributed by atoms with Crippen LogP contribution < -0.4 is 0 Å². The molecule has 158 valence electrons. The van der Waals surface area contributed by atoms with Gasteiger partial charge in [-0.1, -0.05) is 71.9 Å².